The summed E-state index contributed by atoms with van der Waals surface area (Å²) >= 11 is 0. The summed E-state index contributed by atoms with van der Waals surface area (Å²) < 4.78 is 31.5. The number of nitriles is 1. The third kappa shape index (κ3) is 2.23. The monoisotopic (exact) mass is 246 g/mol. The van der Waals surface area contributed by atoms with Gasteiger partial charge in [0, 0.05) is 12.1 Å². The van der Waals surface area contributed by atoms with Gasteiger partial charge in [-0.05, 0) is 12.1 Å². The van der Waals surface area contributed by atoms with E-state index in [1.165, 1.54) is 12.1 Å². The van der Waals surface area contributed by atoms with Crippen molar-refractivity contribution in [2.45, 2.75) is 0 Å². The number of hydrogen-bond donors (Lipinski definition) is 1. The number of nitrogens with zero attached hydrogens (tertiary/aromatic N) is 1. The lowest BCUT2D eigenvalue weighted by molar-refractivity contribution is 0.470. The maximum absolute atomic E-state index is 13.2. The number of para-hydroxylation sites is 1. The summed E-state index contributed by atoms with van der Waals surface area (Å²) in [4.78, 5) is 0. The molecule has 2 N–H and O–H groups in total. The molecule has 2 aromatic rings. The van der Waals surface area contributed by atoms with Crippen molar-refractivity contribution in [3.05, 3.63) is 53.6 Å². The largest absolute Gasteiger partial charge is 0.454 e. The summed E-state index contributed by atoms with van der Waals surface area (Å²) in [5, 5.41) is 8.87. The molecule has 0 saturated heterocycles. The van der Waals surface area contributed by atoms with E-state index < -0.39 is 11.6 Å². The van der Waals surface area contributed by atoms with Crippen molar-refractivity contribution in [3.63, 3.8) is 0 Å². The maximum atomic E-state index is 13.2. The van der Waals surface area contributed by atoms with Crippen molar-refractivity contribution < 1.29 is 13.5 Å². The van der Waals surface area contributed by atoms with E-state index in [1.54, 1.807) is 12.1 Å². The van der Waals surface area contributed by atoms with E-state index in [1.807, 2.05) is 6.07 Å². The van der Waals surface area contributed by atoms with Crippen LogP contribution in [-0.2, 0) is 0 Å². The van der Waals surface area contributed by atoms with Crippen LogP contribution in [0, 0.1) is 23.0 Å². The first kappa shape index (κ1) is 11.9. The van der Waals surface area contributed by atoms with Crippen LogP contribution in [0.25, 0.3) is 0 Å². The van der Waals surface area contributed by atoms with Gasteiger partial charge in [-0.3, -0.25) is 0 Å². The van der Waals surface area contributed by atoms with E-state index in [2.05, 4.69) is 0 Å². The summed E-state index contributed by atoms with van der Waals surface area (Å²) in [6.07, 6.45) is 0. The van der Waals surface area contributed by atoms with Gasteiger partial charge in [0.25, 0.3) is 0 Å². The average Bonchev–Trinajstić information content (AvgIpc) is 2.36. The molecule has 0 amide bonds. The van der Waals surface area contributed by atoms with Gasteiger partial charge in [-0.15, -0.1) is 0 Å². The number of halogens is 2. The first-order valence-electron chi connectivity index (χ1n) is 5.03. The fraction of sp³-hybridized carbons (Fsp3) is 0. The van der Waals surface area contributed by atoms with Crippen LogP contribution in [0.2, 0.25) is 0 Å². The number of nitrogen functional groups attached to an aromatic ring is 1. The molecule has 0 spiro atoms. The molecule has 0 heterocycles. The zero-order chi connectivity index (χ0) is 13.1. The lowest BCUT2D eigenvalue weighted by Crippen LogP contribution is -1.98. The molecule has 0 fully saturated rings. The molecular formula is C13H8F2N2O. The fourth-order valence-electron chi connectivity index (χ4n) is 1.41. The minimum atomic E-state index is -0.903. The van der Waals surface area contributed by atoms with Crippen LogP contribution in [-0.4, -0.2) is 0 Å². The molecule has 0 aliphatic heterocycles. The summed E-state index contributed by atoms with van der Waals surface area (Å²) in [5.41, 5.74) is 5.39. The molecule has 0 unspecified atom stereocenters. The number of anilines is 1. The standard InChI is InChI=1S/C13H8F2N2O/c14-9-5-10(15)13(17)12(6-9)18-11-4-2-1-3-8(11)7-16/h1-6H,17H2. The van der Waals surface area contributed by atoms with Crippen molar-refractivity contribution in [1.82, 2.24) is 0 Å². The Morgan fingerprint density at radius 3 is 2.56 bits per heavy atom. The number of nitrogens with two attached hydrogens (primary N) is 1. The average molecular weight is 246 g/mol. The zero-order valence-corrected chi connectivity index (χ0v) is 9.15. The molecule has 18 heavy (non-hydrogen) atoms. The van der Waals surface area contributed by atoms with Crippen LogP contribution in [0.5, 0.6) is 11.5 Å². The molecule has 0 atom stereocenters. The number of ether oxygens (including phenoxy) is 1. The first-order valence-corrected chi connectivity index (χ1v) is 5.03. The Labute approximate surface area is 102 Å². The molecule has 0 aliphatic carbocycles. The van der Waals surface area contributed by atoms with E-state index >= 15 is 0 Å². The van der Waals surface area contributed by atoms with E-state index in [-0.39, 0.29) is 22.7 Å². The second kappa shape index (κ2) is 4.72. The van der Waals surface area contributed by atoms with Crippen molar-refractivity contribution in [1.29, 1.82) is 5.26 Å². The summed E-state index contributed by atoms with van der Waals surface area (Å²) in [6, 6.07) is 9.88. The molecule has 0 radical (unpaired) electrons. The summed E-state index contributed by atoms with van der Waals surface area (Å²) in [5.74, 6) is -1.67. The minimum absolute atomic E-state index is 0.157. The number of hydrogen-bond acceptors (Lipinski definition) is 3. The van der Waals surface area contributed by atoms with E-state index in [4.69, 9.17) is 15.7 Å². The smallest absolute Gasteiger partial charge is 0.156 e. The van der Waals surface area contributed by atoms with Gasteiger partial charge >= 0.3 is 0 Å². The SMILES string of the molecule is N#Cc1ccccc1Oc1cc(F)cc(F)c1N. The van der Waals surface area contributed by atoms with Gasteiger partial charge in [-0.1, -0.05) is 12.1 Å². The van der Waals surface area contributed by atoms with Crippen LogP contribution in [0.15, 0.2) is 36.4 Å². The van der Waals surface area contributed by atoms with E-state index in [0.717, 1.165) is 6.07 Å². The van der Waals surface area contributed by atoms with Crippen molar-refractivity contribution >= 4 is 5.69 Å². The quantitative estimate of drug-likeness (QED) is 0.827. The van der Waals surface area contributed by atoms with Gasteiger partial charge < -0.3 is 10.5 Å². The lowest BCUT2D eigenvalue weighted by atomic mass is 10.2. The van der Waals surface area contributed by atoms with Crippen LogP contribution in [0.1, 0.15) is 5.56 Å². The highest BCUT2D eigenvalue weighted by molar-refractivity contribution is 5.56. The van der Waals surface area contributed by atoms with Gasteiger partial charge in [-0.25, -0.2) is 8.78 Å². The van der Waals surface area contributed by atoms with Gasteiger partial charge in [0.05, 0.1) is 5.56 Å². The maximum Gasteiger partial charge on any atom is 0.156 e. The third-order valence-electron chi connectivity index (χ3n) is 2.28. The van der Waals surface area contributed by atoms with Crippen molar-refractivity contribution in [3.8, 4) is 17.6 Å². The second-order valence-electron chi connectivity index (χ2n) is 3.51. The molecular weight excluding hydrogens is 238 g/mol. The Bertz CT molecular complexity index is 635. The Morgan fingerprint density at radius 2 is 1.83 bits per heavy atom. The summed E-state index contributed by atoms with van der Waals surface area (Å²) in [6.45, 7) is 0. The number of rotatable bonds is 2. The van der Waals surface area contributed by atoms with E-state index in [0.29, 0.717) is 6.07 Å². The third-order valence-corrected chi connectivity index (χ3v) is 2.28. The molecule has 90 valence electrons. The highest BCUT2D eigenvalue weighted by Crippen LogP contribution is 2.31. The Balaban J connectivity index is 2.44. The predicted molar refractivity (Wildman–Crippen MR) is 62.0 cm³/mol. The van der Waals surface area contributed by atoms with Gasteiger partial charge in [0.15, 0.2) is 11.6 Å². The molecule has 0 bridgehead atoms. The molecule has 0 saturated carbocycles. The lowest BCUT2D eigenvalue weighted by Gasteiger charge is -2.10. The molecule has 3 nitrogen and oxygen atoms in total. The van der Waals surface area contributed by atoms with Gasteiger partial charge in [0.2, 0.25) is 0 Å². The first-order chi connectivity index (χ1) is 8.61. The molecule has 0 aromatic heterocycles. The van der Waals surface area contributed by atoms with Crippen molar-refractivity contribution in [2.24, 2.45) is 0 Å². The van der Waals surface area contributed by atoms with Crippen LogP contribution in [0.4, 0.5) is 14.5 Å². The molecule has 5 heteroatoms. The van der Waals surface area contributed by atoms with Crippen LogP contribution in [0.3, 0.4) is 0 Å². The van der Waals surface area contributed by atoms with E-state index in [9.17, 15) is 8.78 Å². The highest BCUT2D eigenvalue weighted by atomic mass is 19.1. The Hall–Kier alpha value is -2.61. The van der Waals surface area contributed by atoms with Crippen LogP contribution >= 0.6 is 0 Å². The van der Waals surface area contributed by atoms with Crippen molar-refractivity contribution in [2.75, 3.05) is 5.73 Å². The number of benzene rings is 2. The summed E-state index contributed by atoms with van der Waals surface area (Å²) in [7, 11) is 0. The zero-order valence-electron chi connectivity index (χ0n) is 9.15. The van der Waals surface area contributed by atoms with Crippen LogP contribution < -0.4 is 10.5 Å². The second-order valence-corrected chi connectivity index (χ2v) is 3.51. The topological polar surface area (TPSA) is 59.0 Å². The van der Waals surface area contributed by atoms with Gasteiger partial charge in [0.1, 0.15) is 23.3 Å². The molecule has 2 aromatic carbocycles. The van der Waals surface area contributed by atoms with Gasteiger partial charge in [-0.2, -0.15) is 5.26 Å². The Kier molecular flexibility index (Phi) is 3.11. The normalized spacial score (nSPS) is 9.83. The Morgan fingerprint density at radius 1 is 1.11 bits per heavy atom. The minimum Gasteiger partial charge on any atom is -0.454 e. The molecule has 2 rings (SSSR count). The predicted octanol–water partition coefficient (Wildman–Crippen LogP) is 3.21. The highest BCUT2D eigenvalue weighted by Gasteiger charge is 2.12. The fourth-order valence-corrected chi connectivity index (χ4v) is 1.41. The molecule has 0 aliphatic rings.